The van der Waals surface area contributed by atoms with Gasteiger partial charge < -0.3 is 5.11 Å². The number of hydrogen-bond donors (Lipinski definition) is 1. The maximum atomic E-state index is 10.3. The van der Waals surface area contributed by atoms with Crippen LogP contribution in [0.4, 0.5) is 0 Å². The molecule has 0 saturated carbocycles. The number of carboxylic acid groups (broad SMARTS) is 1. The highest BCUT2D eigenvalue weighted by Crippen LogP contribution is 2.04. The Labute approximate surface area is 155 Å². The summed E-state index contributed by atoms with van der Waals surface area (Å²) in [5.74, 6) is -0.690. The Hall–Kier alpha value is -1.83. The van der Waals surface area contributed by atoms with Crippen molar-refractivity contribution in [3.63, 3.8) is 0 Å². The Kier molecular flexibility index (Phi) is 22.5. The summed E-state index contributed by atoms with van der Waals surface area (Å²) in [5, 5.41) is 8.52. The standard InChI is InChI=1S/C22H34O2.CH4/c1-2-3-4-5-6-7-8-9-10-11-12-13-14-15-16-17-18-19-20-21-22(23)24;/h3-4,6-7,9-10,12-13,15-16H,2,5,8,11,14,17-21H2,1H3,(H,23,24);1H4/b4-3-,7-6-,10-9-,13-12-,16-15-;. The van der Waals surface area contributed by atoms with E-state index in [1.165, 1.54) is 0 Å². The fourth-order valence-corrected chi connectivity index (χ4v) is 2.08. The molecule has 0 heterocycles. The first-order chi connectivity index (χ1) is 11.8. The average Bonchev–Trinajstić information content (AvgIpc) is 2.56. The van der Waals surface area contributed by atoms with Crippen LogP contribution in [0.2, 0.25) is 0 Å². The fraction of sp³-hybridized carbons (Fsp3) is 0.522. The molecule has 142 valence electrons. The Morgan fingerprint density at radius 2 is 1.12 bits per heavy atom. The summed E-state index contributed by atoms with van der Waals surface area (Å²) in [7, 11) is 0. The average molecular weight is 347 g/mol. The van der Waals surface area contributed by atoms with Crippen LogP contribution in [0.15, 0.2) is 60.8 Å². The van der Waals surface area contributed by atoms with E-state index in [-0.39, 0.29) is 7.43 Å². The van der Waals surface area contributed by atoms with E-state index in [4.69, 9.17) is 5.11 Å². The lowest BCUT2D eigenvalue weighted by Crippen LogP contribution is -1.93. The minimum absolute atomic E-state index is 0. The van der Waals surface area contributed by atoms with Crippen molar-refractivity contribution in [2.45, 2.75) is 78.6 Å². The van der Waals surface area contributed by atoms with E-state index in [9.17, 15) is 4.79 Å². The van der Waals surface area contributed by atoms with Crippen molar-refractivity contribution in [1.82, 2.24) is 0 Å². The van der Waals surface area contributed by atoms with E-state index >= 15 is 0 Å². The van der Waals surface area contributed by atoms with Crippen molar-refractivity contribution >= 4 is 5.97 Å². The van der Waals surface area contributed by atoms with Gasteiger partial charge in [-0.1, -0.05) is 81.5 Å². The topological polar surface area (TPSA) is 37.3 Å². The highest BCUT2D eigenvalue weighted by atomic mass is 16.4. The van der Waals surface area contributed by atoms with Gasteiger partial charge in [-0.2, -0.15) is 0 Å². The summed E-state index contributed by atoms with van der Waals surface area (Å²) in [6.07, 6.45) is 31.3. The molecule has 2 heteroatoms. The number of rotatable bonds is 15. The van der Waals surface area contributed by atoms with Gasteiger partial charge in [0.1, 0.15) is 0 Å². The third kappa shape index (κ3) is 24.5. The molecule has 0 spiro atoms. The normalized spacial score (nSPS) is 12.2. The van der Waals surface area contributed by atoms with Crippen LogP contribution >= 0.6 is 0 Å². The van der Waals surface area contributed by atoms with Gasteiger partial charge in [0.15, 0.2) is 0 Å². The van der Waals surface area contributed by atoms with Gasteiger partial charge in [-0.25, -0.2) is 0 Å². The second-order valence-corrected chi connectivity index (χ2v) is 5.70. The molecule has 0 aromatic carbocycles. The smallest absolute Gasteiger partial charge is 0.303 e. The number of carbonyl (C=O) groups is 1. The molecule has 2 nitrogen and oxygen atoms in total. The van der Waals surface area contributed by atoms with E-state index < -0.39 is 5.97 Å². The van der Waals surface area contributed by atoms with Crippen molar-refractivity contribution in [3.8, 4) is 0 Å². The molecule has 0 aliphatic carbocycles. The molecule has 0 aromatic heterocycles. The molecule has 0 unspecified atom stereocenters. The van der Waals surface area contributed by atoms with Gasteiger partial charge in [0.2, 0.25) is 0 Å². The molecular weight excluding hydrogens is 308 g/mol. The van der Waals surface area contributed by atoms with Crippen molar-refractivity contribution in [2.24, 2.45) is 0 Å². The molecule has 0 saturated heterocycles. The minimum atomic E-state index is -0.690. The van der Waals surface area contributed by atoms with Crippen molar-refractivity contribution < 1.29 is 9.90 Å². The van der Waals surface area contributed by atoms with Crippen LogP contribution in [-0.2, 0) is 4.79 Å². The van der Waals surface area contributed by atoms with Gasteiger partial charge in [0.05, 0.1) is 0 Å². The summed E-state index contributed by atoms with van der Waals surface area (Å²) in [5.41, 5.74) is 0. The molecule has 0 aromatic rings. The maximum absolute atomic E-state index is 10.3. The summed E-state index contributed by atoms with van der Waals surface area (Å²) in [6.45, 7) is 2.15. The SMILES string of the molecule is C.CC/C=C\C/C=C\C/C=C\C/C=C\C/C=C\CCCCCC(=O)O. The predicted molar refractivity (Wildman–Crippen MR) is 112 cm³/mol. The van der Waals surface area contributed by atoms with Crippen LogP contribution in [0.25, 0.3) is 0 Å². The monoisotopic (exact) mass is 346 g/mol. The first-order valence-electron chi connectivity index (χ1n) is 9.24. The number of hydrogen-bond acceptors (Lipinski definition) is 1. The highest BCUT2D eigenvalue weighted by molar-refractivity contribution is 5.66. The lowest BCUT2D eigenvalue weighted by Gasteiger charge is -1.94. The molecule has 0 fully saturated rings. The van der Waals surface area contributed by atoms with Crippen LogP contribution in [0, 0.1) is 0 Å². The third-order valence-electron chi connectivity index (χ3n) is 3.42. The van der Waals surface area contributed by atoms with E-state index in [1.54, 1.807) is 0 Å². The fourth-order valence-electron chi connectivity index (χ4n) is 2.08. The number of carboxylic acids is 1. The van der Waals surface area contributed by atoms with E-state index in [1.807, 2.05) is 0 Å². The lowest BCUT2D eigenvalue weighted by molar-refractivity contribution is -0.137. The van der Waals surface area contributed by atoms with Crippen LogP contribution in [-0.4, -0.2) is 11.1 Å². The quantitative estimate of drug-likeness (QED) is 0.247. The lowest BCUT2D eigenvalue weighted by atomic mass is 10.1. The maximum Gasteiger partial charge on any atom is 0.303 e. The van der Waals surface area contributed by atoms with Crippen LogP contribution in [0.5, 0.6) is 0 Å². The summed E-state index contributed by atoms with van der Waals surface area (Å²) in [6, 6.07) is 0. The van der Waals surface area contributed by atoms with Crippen molar-refractivity contribution in [3.05, 3.63) is 60.8 Å². The van der Waals surface area contributed by atoms with Gasteiger partial charge >= 0.3 is 5.97 Å². The van der Waals surface area contributed by atoms with Crippen molar-refractivity contribution in [2.75, 3.05) is 0 Å². The zero-order valence-electron chi connectivity index (χ0n) is 15.2. The number of aliphatic carboxylic acids is 1. The number of allylic oxidation sites excluding steroid dienone is 10. The largest absolute Gasteiger partial charge is 0.481 e. The zero-order chi connectivity index (χ0) is 17.7. The second-order valence-electron chi connectivity index (χ2n) is 5.70. The molecular formula is C23H38O2. The Bertz CT molecular complexity index is 425. The molecule has 0 amide bonds. The molecule has 0 bridgehead atoms. The first kappa shape index (κ1) is 25.4. The van der Waals surface area contributed by atoms with E-state index in [0.29, 0.717) is 6.42 Å². The summed E-state index contributed by atoms with van der Waals surface area (Å²) >= 11 is 0. The number of unbranched alkanes of at least 4 members (excludes halogenated alkanes) is 3. The second kappa shape index (κ2) is 22.2. The summed E-state index contributed by atoms with van der Waals surface area (Å²) in [4.78, 5) is 10.3. The van der Waals surface area contributed by atoms with E-state index in [2.05, 4.69) is 67.7 Å². The Balaban J connectivity index is 0. The van der Waals surface area contributed by atoms with Gasteiger partial charge in [0, 0.05) is 6.42 Å². The molecule has 25 heavy (non-hydrogen) atoms. The van der Waals surface area contributed by atoms with Gasteiger partial charge in [-0.05, 0) is 51.4 Å². The molecule has 0 rings (SSSR count). The van der Waals surface area contributed by atoms with Crippen molar-refractivity contribution in [1.29, 1.82) is 0 Å². The zero-order valence-corrected chi connectivity index (χ0v) is 15.2. The van der Waals surface area contributed by atoms with Crippen LogP contribution < -0.4 is 0 Å². The van der Waals surface area contributed by atoms with Crippen LogP contribution in [0.1, 0.15) is 78.6 Å². The predicted octanol–water partition coefficient (Wildman–Crippen LogP) is 7.41. The van der Waals surface area contributed by atoms with E-state index in [0.717, 1.165) is 57.8 Å². The van der Waals surface area contributed by atoms with Gasteiger partial charge in [0.25, 0.3) is 0 Å². The van der Waals surface area contributed by atoms with Crippen LogP contribution in [0.3, 0.4) is 0 Å². The highest BCUT2D eigenvalue weighted by Gasteiger charge is 1.94. The molecule has 0 atom stereocenters. The van der Waals surface area contributed by atoms with Gasteiger partial charge in [-0.15, -0.1) is 0 Å². The molecule has 0 radical (unpaired) electrons. The molecule has 1 N–H and O–H groups in total. The molecule has 0 aliphatic rings. The Morgan fingerprint density at radius 1 is 0.680 bits per heavy atom. The Morgan fingerprint density at radius 3 is 1.56 bits per heavy atom. The minimum Gasteiger partial charge on any atom is -0.481 e. The third-order valence-corrected chi connectivity index (χ3v) is 3.42. The summed E-state index contributed by atoms with van der Waals surface area (Å²) < 4.78 is 0. The van der Waals surface area contributed by atoms with Gasteiger partial charge in [-0.3, -0.25) is 4.79 Å². The first-order valence-corrected chi connectivity index (χ1v) is 9.24. The molecule has 0 aliphatic heterocycles.